The van der Waals surface area contributed by atoms with E-state index in [0.29, 0.717) is 0 Å². The third-order valence-electron chi connectivity index (χ3n) is 6.20. The van der Waals surface area contributed by atoms with Crippen LogP contribution in [0.1, 0.15) is 60.6 Å². The van der Waals surface area contributed by atoms with Crippen LogP contribution < -0.4 is 5.32 Å². The van der Waals surface area contributed by atoms with Gasteiger partial charge >= 0.3 is 0 Å². The maximum atomic E-state index is 12.5. The number of amides is 1. The summed E-state index contributed by atoms with van der Waals surface area (Å²) in [6.07, 6.45) is 6.28. The van der Waals surface area contributed by atoms with E-state index in [1.807, 2.05) is 12.1 Å². The van der Waals surface area contributed by atoms with Crippen molar-refractivity contribution in [2.75, 3.05) is 19.6 Å². The maximum absolute atomic E-state index is 12.5. The van der Waals surface area contributed by atoms with Crippen LogP contribution in [0, 0.1) is 13.8 Å². The lowest BCUT2D eigenvalue weighted by molar-refractivity contribution is 0.0947. The Morgan fingerprint density at radius 3 is 2.85 bits per heavy atom. The molecule has 4 nitrogen and oxygen atoms in total. The van der Waals surface area contributed by atoms with Crippen molar-refractivity contribution >= 4 is 16.8 Å². The van der Waals surface area contributed by atoms with Gasteiger partial charge in [-0.15, -0.1) is 0 Å². The van der Waals surface area contributed by atoms with E-state index >= 15 is 0 Å². The molecule has 1 saturated heterocycles. The van der Waals surface area contributed by atoms with Crippen molar-refractivity contribution in [3.63, 3.8) is 0 Å². The van der Waals surface area contributed by atoms with Gasteiger partial charge in [-0.2, -0.15) is 0 Å². The second-order valence-corrected chi connectivity index (χ2v) is 7.70. The van der Waals surface area contributed by atoms with E-state index in [9.17, 15) is 4.79 Å². The Balaban J connectivity index is 1.55. The number of benzene rings is 1. The van der Waals surface area contributed by atoms with Crippen LogP contribution in [0.5, 0.6) is 0 Å². The molecule has 1 N–H and O–H groups in total. The van der Waals surface area contributed by atoms with Gasteiger partial charge in [0.1, 0.15) is 0 Å². The van der Waals surface area contributed by atoms with Crippen LogP contribution in [0.15, 0.2) is 18.2 Å². The average molecular weight is 356 g/mol. The second-order valence-electron chi connectivity index (χ2n) is 7.70. The number of fused-ring (bicyclic) bond motifs is 1. The summed E-state index contributed by atoms with van der Waals surface area (Å²) in [6.45, 7) is 9.59. The minimum Gasteiger partial charge on any atom is -0.352 e. The molecule has 0 spiro atoms. The molecule has 0 radical (unpaired) electrons. The quantitative estimate of drug-likeness (QED) is 0.789. The fourth-order valence-electron chi connectivity index (χ4n) is 4.30. The molecule has 1 aliphatic heterocycles. The van der Waals surface area contributed by atoms with Crippen molar-refractivity contribution in [2.45, 2.75) is 58.9 Å². The van der Waals surface area contributed by atoms with Gasteiger partial charge in [0.15, 0.2) is 0 Å². The molecule has 1 atom stereocenters. The summed E-state index contributed by atoms with van der Waals surface area (Å²) in [4.78, 5) is 15.1. The molecule has 2 aromatic rings. The molecule has 0 unspecified atom stereocenters. The Kier molecular flexibility index (Phi) is 6.02. The van der Waals surface area contributed by atoms with Gasteiger partial charge < -0.3 is 14.8 Å². The molecule has 142 valence electrons. The van der Waals surface area contributed by atoms with E-state index in [2.05, 4.69) is 48.7 Å². The van der Waals surface area contributed by atoms with Crippen molar-refractivity contribution in [1.29, 1.82) is 0 Å². The number of nitrogens with one attached hydrogen (secondary N) is 1. The first-order valence-electron chi connectivity index (χ1n) is 10.1. The van der Waals surface area contributed by atoms with E-state index in [4.69, 9.17) is 0 Å². The van der Waals surface area contributed by atoms with Gasteiger partial charge in [0.2, 0.25) is 0 Å². The number of hydrogen-bond donors (Lipinski definition) is 1. The first-order valence-corrected chi connectivity index (χ1v) is 10.1. The summed E-state index contributed by atoms with van der Waals surface area (Å²) >= 11 is 0. The Bertz CT molecular complexity index is 777. The third kappa shape index (κ3) is 3.80. The summed E-state index contributed by atoms with van der Waals surface area (Å²) in [6, 6.07) is 6.77. The zero-order chi connectivity index (χ0) is 18.7. The first kappa shape index (κ1) is 19.0. The minimum absolute atomic E-state index is 0.0403. The van der Waals surface area contributed by atoms with Gasteiger partial charge in [0.05, 0.1) is 0 Å². The lowest BCUT2D eigenvalue weighted by atomic mass is 10.00. The fourth-order valence-corrected chi connectivity index (χ4v) is 4.30. The van der Waals surface area contributed by atoms with Gasteiger partial charge in [-0.05, 0) is 69.8 Å². The van der Waals surface area contributed by atoms with Gasteiger partial charge in [0.25, 0.3) is 5.91 Å². The van der Waals surface area contributed by atoms with Crippen LogP contribution in [0.2, 0.25) is 0 Å². The highest BCUT2D eigenvalue weighted by atomic mass is 16.1. The minimum atomic E-state index is 0.0403. The van der Waals surface area contributed by atoms with Gasteiger partial charge in [0, 0.05) is 48.3 Å². The number of carbonyl (C=O) groups is 1. The summed E-state index contributed by atoms with van der Waals surface area (Å²) in [5.41, 5.74) is 4.46. The number of likely N-dealkylation sites (tertiary alicyclic amines) is 1. The molecule has 0 aliphatic carbocycles. The molecule has 1 aliphatic rings. The molecule has 2 heterocycles. The highest BCUT2D eigenvalue weighted by molar-refractivity contribution is 5.99. The molecule has 0 saturated carbocycles. The number of carbonyl (C=O) groups excluding carboxylic acids is 1. The predicted octanol–water partition coefficient (Wildman–Crippen LogP) is 4.18. The normalized spacial score (nSPS) is 18.4. The number of aryl methyl sites for hydroxylation is 2. The summed E-state index contributed by atoms with van der Waals surface area (Å²) in [5, 5.41) is 4.28. The second kappa shape index (κ2) is 8.26. The van der Waals surface area contributed by atoms with Crippen molar-refractivity contribution < 1.29 is 4.79 Å². The monoisotopic (exact) mass is 355 g/mol. The fraction of sp³-hybridized carbons (Fsp3) is 0.591. The molecule has 26 heavy (non-hydrogen) atoms. The van der Waals surface area contributed by atoms with Crippen LogP contribution in [0.25, 0.3) is 10.9 Å². The lowest BCUT2D eigenvalue weighted by Crippen LogP contribution is -2.40. The molecule has 0 bridgehead atoms. The Morgan fingerprint density at radius 2 is 2.08 bits per heavy atom. The molecule has 1 aromatic carbocycles. The van der Waals surface area contributed by atoms with Crippen molar-refractivity contribution in [3.05, 3.63) is 35.0 Å². The Morgan fingerprint density at radius 1 is 1.27 bits per heavy atom. The van der Waals surface area contributed by atoms with E-state index in [1.165, 1.54) is 54.4 Å². The topological polar surface area (TPSA) is 37.3 Å². The molecule has 1 amide bonds. The van der Waals surface area contributed by atoms with Gasteiger partial charge in [-0.3, -0.25) is 4.79 Å². The number of aromatic nitrogens is 1. The number of piperidine rings is 1. The largest absolute Gasteiger partial charge is 0.352 e. The van der Waals surface area contributed by atoms with Crippen molar-refractivity contribution in [2.24, 2.45) is 7.05 Å². The summed E-state index contributed by atoms with van der Waals surface area (Å²) < 4.78 is 2.19. The summed E-state index contributed by atoms with van der Waals surface area (Å²) in [5.74, 6) is 0.0403. The molecule has 1 aromatic heterocycles. The Labute approximate surface area is 157 Å². The van der Waals surface area contributed by atoms with Gasteiger partial charge in [-0.25, -0.2) is 0 Å². The molecular weight excluding hydrogens is 322 g/mol. The van der Waals surface area contributed by atoms with Crippen LogP contribution >= 0.6 is 0 Å². The smallest absolute Gasteiger partial charge is 0.251 e. The molecule has 1 fully saturated rings. The first-order chi connectivity index (χ1) is 12.5. The zero-order valence-corrected chi connectivity index (χ0v) is 16.8. The Hall–Kier alpha value is -1.81. The molecule has 3 rings (SSSR count). The van der Waals surface area contributed by atoms with Gasteiger partial charge in [-0.1, -0.05) is 13.3 Å². The number of nitrogens with zero attached hydrogens (tertiary/aromatic N) is 2. The van der Waals surface area contributed by atoms with E-state index in [-0.39, 0.29) is 5.91 Å². The highest BCUT2D eigenvalue weighted by Gasteiger charge is 2.20. The van der Waals surface area contributed by atoms with Crippen LogP contribution in [-0.2, 0) is 7.05 Å². The van der Waals surface area contributed by atoms with E-state index < -0.39 is 0 Å². The third-order valence-corrected chi connectivity index (χ3v) is 6.20. The van der Waals surface area contributed by atoms with E-state index in [0.717, 1.165) is 31.1 Å². The number of rotatable bonds is 6. The van der Waals surface area contributed by atoms with Crippen molar-refractivity contribution in [3.8, 4) is 0 Å². The average Bonchev–Trinajstić information content (AvgIpc) is 2.89. The zero-order valence-electron chi connectivity index (χ0n) is 16.8. The predicted molar refractivity (Wildman–Crippen MR) is 109 cm³/mol. The van der Waals surface area contributed by atoms with Crippen LogP contribution in [-0.4, -0.2) is 41.1 Å². The van der Waals surface area contributed by atoms with Crippen molar-refractivity contribution in [1.82, 2.24) is 14.8 Å². The highest BCUT2D eigenvalue weighted by Crippen LogP contribution is 2.25. The standard InChI is InChI=1S/C22H33N3O/c1-5-19-9-6-7-13-25(19)14-8-12-23-22(26)18-10-11-21-20(15-18)16(2)17(3)24(21)4/h10-11,15,19H,5-9,12-14H2,1-4H3,(H,23,26)/t19-/m1/s1. The van der Waals surface area contributed by atoms with Crippen LogP contribution in [0.4, 0.5) is 0 Å². The number of hydrogen-bond acceptors (Lipinski definition) is 2. The van der Waals surface area contributed by atoms with Crippen LogP contribution in [0.3, 0.4) is 0 Å². The maximum Gasteiger partial charge on any atom is 0.251 e. The SMILES string of the molecule is CC[C@@H]1CCCCN1CCCNC(=O)c1ccc2c(c1)c(C)c(C)n2C. The lowest BCUT2D eigenvalue weighted by Gasteiger charge is -2.35. The van der Waals surface area contributed by atoms with E-state index in [1.54, 1.807) is 0 Å². The molecule has 4 heteroatoms. The summed E-state index contributed by atoms with van der Waals surface area (Å²) in [7, 11) is 2.08. The molecular formula is C22H33N3O.